The van der Waals surface area contributed by atoms with Crippen molar-refractivity contribution in [3.8, 4) is 5.75 Å². The third kappa shape index (κ3) is 6.38. The number of alkyl halides is 1. The molecule has 0 spiro atoms. The van der Waals surface area contributed by atoms with Crippen LogP contribution in [0, 0.1) is 5.92 Å². The van der Waals surface area contributed by atoms with Gasteiger partial charge in [-0.15, -0.1) is 11.6 Å². The lowest BCUT2D eigenvalue weighted by Crippen LogP contribution is -2.55. The van der Waals surface area contributed by atoms with E-state index in [0.717, 1.165) is 44.1 Å². The maximum Gasteiger partial charge on any atom is 0.251 e. The topological polar surface area (TPSA) is 87.7 Å². The van der Waals surface area contributed by atoms with Gasteiger partial charge in [0.25, 0.3) is 5.91 Å². The molecule has 1 saturated heterocycles. The van der Waals surface area contributed by atoms with Gasteiger partial charge < -0.3 is 20.3 Å². The summed E-state index contributed by atoms with van der Waals surface area (Å²) in [6.07, 6.45) is 5.11. The van der Waals surface area contributed by atoms with Gasteiger partial charge in [0.1, 0.15) is 11.1 Å². The second-order valence-electron chi connectivity index (χ2n) is 9.60. The minimum Gasteiger partial charge on any atom is -0.497 e. The van der Waals surface area contributed by atoms with Crippen LogP contribution < -0.4 is 15.4 Å². The summed E-state index contributed by atoms with van der Waals surface area (Å²) in [5.74, 6) is 0.0183. The van der Waals surface area contributed by atoms with Crippen LogP contribution in [0.1, 0.15) is 59.8 Å². The summed E-state index contributed by atoms with van der Waals surface area (Å²) in [6, 6.07) is 16.0. The first-order valence-corrected chi connectivity index (χ1v) is 13.1. The van der Waals surface area contributed by atoms with Crippen molar-refractivity contribution in [2.24, 2.45) is 5.92 Å². The molecule has 4 rings (SSSR count). The number of nitrogens with one attached hydrogen (secondary N) is 2. The fourth-order valence-electron chi connectivity index (χ4n) is 5.09. The highest BCUT2D eigenvalue weighted by Gasteiger charge is 2.34. The van der Waals surface area contributed by atoms with Crippen molar-refractivity contribution in [2.45, 2.75) is 56.0 Å². The highest BCUT2D eigenvalue weighted by atomic mass is 35.5. The summed E-state index contributed by atoms with van der Waals surface area (Å²) in [5, 5.41) is 5.54. The lowest BCUT2D eigenvalue weighted by molar-refractivity contribution is -0.135. The van der Waals surface area contributed by atoms with E-state index in [-0.39, 0.29) is 35.7 Å². The van der Waals surface area contributed by atoms with E-state index in [4.69, 9.17) is 16.3 Å². The molecular formula is C28H34ClN3O4. The largest absolute Gasteiger partial charge is 0.497 e. The van der Waals surface area contributed by atoms with E-state index in [2.05, 4.69) is 10.6 Å². The van der Waals surface area contributed by atoms with E-state index >= 15 is 0 Å². The molecule has 0 aromatic heterocycles. The van der Waals surface area contributed by atoms with Gasteiger partial charge in [0.15, 0.2) is 0 Å². The average Bonchev–Trinajstić information content (AvgIpc) is 2.93. The smallest absolute Gasteiger partial charge is 0.251 e. The van der Waals surface area contributed by atoms with Crippen LogP contribution >= 0.6 is 11.6 Å². The fourth-order valence-corrected chi connectivity index (χ4v) is 5.37. The molecule has 8 heteroatoms. The highest BCUT2D eigenvalue weighted by Crippen LogP contribution is 2.27. The second kappa shape index (κ2) is 12.3. The van der Waals surface area contributed by atoms with E-state index in [1.165, 1.54) is 0 Å². The van der Waals surface area contributed by atoms with Gasteiger partial charge in [-0.25, -0.2) is 0 Å². The predicted octanol–water partition coefficient (Wildman–Crippen LogP) is 4.07. The number of likely N-dealkylation sites (tertiary alicyclic amines) is 1. The molecule has 2 fully saturated rings. The molecule has 192 valence electrons. The maximum absolute atomic E-state index is 13.2. The summed E-state index contributed by atoms with van der Waals surface area (Å²) < 4.78 is 5.16. The quantitative estimate of drug-likeness (QED) is 0.548. The number of halogens is 1. The van der Waals surface area contributed by atoms with Crippen LogP contribution in [0.25, 0.3) is 0 Å². The molecule has 0 bridgehead atoms. The summed E-state index contributed by atoms with van der Waals surface area (Å²) in [7, 11) is 1.59. The van der Waals surface area contributed by atoms with Crippen LogP contribution in [0.2, 0.25) is 0 Å². The van der Waals surface area contributed by atoms with Gasteiger partial charge in [0.2, 0.25) is 11.8 Å². The van der Waals surface area contributed by atoms with Crippen molar-refractivity contribution in [1.29, 1.82) is 0 Å². The molecule has 2 aromatic carbocycles. The fraction of sp³-hybridized carbons (Fsp3) is 0.464. The Labute approximate surface area is 217 Å². The zero-order valence-corrected chi connectivity index (χ0v) is 21.4. The molecule has 2 N–H and O–H groups in total. The molecular weight excluding hydrogens is 478 g/mol. The van der Waals surface area contributed by atoms with Crippen LogP contribution in [0.4, 0.5) is 0 Å². The summed E-state index contributed by atoms with van der Waals surface area (Å²) in [6.45, 7) is 0.957. The number of ether oxygens (including phenoxy) is 1. The van der Waals surface area contributed by atoms with Crippen molar-refractivity contribution in [1.82, 2.24) is 15.5 Å². The molecule has 1 heterocycles. The number of carbonyl (C=O) groups is 3. The van der Waals surface area contributed by atoms with E-state index in [0.29, 0.717) is 24.4 Å². The zero-order chi connectivity index (χ0) is 25.5. The number of hydrogen-bond acceptors (Lipinski definition) is 4. The number of methoxy groups -OCH3 is 1. The third-order valence-corrected chi connectivity index (χ3v) is 7.61. The van der Waals surface area contributed by atoms with Gasteiger partial charge in [0, 0.05) is 30.7 Å². The van der Waals surface area contributed by atoms with E-state index in [9.17, 15) is 14.4 Å². The van der Waals surface area contributed by atoms with Crippen LogP contribution in [-0.4, -0.2) is 54.9 Å². The van der Waals surface area contributed by atoms with Gasteiger partial charge in [-0.3, -0.25) is 14.4 Å². The van der Waals surface area contributed by atoms with E-state index < -0.39 is 5.38 Å². The van der Waals surface area contributed by atoms with E-state index in [1.54, 1.807) is 36.3 Å². The van der Waals surface area contributed by atoms with Crippen molar-refractivity contribution in [3.05, 3.63) is 65.7 Å². The first-order valence-electron chi connectivity index (χ1n) is 12.7. The van der Waals surface area contributed by atoms with Gasteiger partial charge in [-0.2, -0.15) is 0 Å². The normalized spacial score (nSPS) is 22.8. The van der Waals surface area contributed by atoms with E-state index in [1.807, 2.05) is 30.3 Å². The minimum absolute atomic E-state index is 0.0612. The Kier molecular flexibility index (Phi) is 8.86. The Morgan fingerprint density at radius 2 is 1.58 bits per heavy atom. The molecule has 2 aliphatic rings. The number of carbonyl (C=O) groups excluding carboxylic acids is 3. The van der Waals surface area contributed by atoms with Gasteiger partial charge in [-0.05, 0) is 55.5 Å². The molecule has 0 unspecified atom stereocenters. The van der Waals surface area contributed by atoms with Gasteiger partial charge in [0.05, 0.1) is 13.0 Å². The maximum atomic E-state index is 13.2. The molecule has 3 amide bonds. The summed E-state index contributed by atoms with van der Waals surface area (Å²) >= 11 is 6.47. The minimum atomic E-state index is -0.760. The monoisotopic (exact) mass is 511 g/mol. The number of rotatable bonds is 7. The first kappa shape index (κ1) is 26.0. The lowest BCUT2D eigenvalue weighted by atomic mass is 9.88. The molecule has 7 nitrogen and oxygen atoms in total. The van der Waals surface area contributed by atoms with Crippen LogP contribution in [0.15, 0.2) is 54.6 Å². The molecule has 1 aliphatic carbocycles. The van der Waals surface area contributed by atoms with Crippen molar-refractivity contribution >= 4 is 29.3 Å². The Bertz CT molecular complexity index is 1050. The predicted molar refractivity (Wildman–Crippen MR) is 139 cm³/mol. The molecule has 4 atom stereocenters. The van der Waals surface area contributed by atoms with Gasteiger partial charge >= 0.3 is 0 Å². The molecule has 1 saturated carbocycles. The van der Waals surface area contributed by atoms with Crippen LogP contribution in [-0.2, 0) is 9.59 Å². The molecule has 2 aromatic rings. The molecule has 36 heavy (non-hydrogen) atoms. The van der Waals surface area contributed by atoms with Crippen molar-refractivity contribution < 1.29 is 19.1 Å². The van der Waals surface area contributed by atoms with Gasteiger partial charge in [-0.1, -0.05) is 43.2 Å². The Hall–Kier alpha value is -3.06. The summed E-state index contributed by atoms with van der Waals surface area (Å²) in [4.78, 5) is 40.8. The third-order valence-electron chi connectivity index (χ3n) is 7.18. The highest BCUT2D eigenvalue weighted by molar-refractivity contribution is 6.30. The van der Waals surface area contributed by atoms with Crippen molar-refractivity contribution in [3.63, 3.8) is 0 Å². The average molecular weight is 512 g/mol. The SMILES string of the molecule is COc1ccc(C(=O)N[C@@H]2CCCC[C@H]2NC(=O)[C@H]2CCCN(C(=O)[C@H](Cl)c3ccccc3)C2)cc1. The Morgan fingerprint density at radius 1 is 0.917 bits per heavy atom. The number of nitrogens with zero attached hydrogens (tertiary/aromatic N) is 1. The standard InChI is InChI=1S/C28H34ClN3O4/c1-36-22-15-13-20(14-16-22)26(33)30-23-11-5-6-12-24(23)31-27(34)21-10-7-17-32(18-21)28(35)25(29)19-8-3-2-4-9-19/h2-4,8-9,13-16,21,23-25H,5-7,10-12,17-18H2,1H3,(H,30,33)(H,31,34)/t21-,23+,24+,25+/m0/s1. The number of benzene rings is 2. The van der Waals surface area contributed by atoms with Crippen LogP contribution in [0.5, 0.6) is 5.75 Å². The number of hydrogen-bond donors (Lipinski definition) is 2. The van der Waals surface area contributed by atoms with Crippen molar-refractivity contribution in [2.75, 3.05) is 20.2 Å². The number of piperidine rings is 1. The Balaban J connectivity index is 1.34. The second-order valence-corrected chi connectivity index (χ2v) is 10.0. The van der Waals surface area contributed by atoms with Crippen LogP contribution in [0.3, 0.4) is 0 Å². The first-order chi connectivity index (χ1) is 17.5. The number of amides is 3. The zero-order valence-electron chi connectivity index (χ0n) is 20.6. The Morgan fingerprint density at radius 3 is 2.25 bits per heavy atom. The summed E-state index contributed by atoms with van der Waals surface area (Å²) in [5.41, 5.74) is 1.32. The lowest BCUT2D eigenvalue weighted by Gasteiger charge is -2.36. The molecule has 0 radical (unpaired) electrons. The molecule has 1 aliphatic heterocycles.